The third-order valence-electron chi connectivity index (χ3n) is 2.69. The Morgan fingerprint density at radius 1 is 1.14 bits per heavy atom. The van der Waals surface area contributed by atoms with E-state index >= 15 is 0 Å². The summed E-state index contributed by atoms with van der Waals surface area (Å²) >= 11 is 0. The van der Waals surface area contributed by atoms with Crippen molar-refractivity contribution >= 4 is 25.6 Å². The molecule has 0 spiro atoms. The maximum Gasteiger partial charge on any atom is 0.229 e. The highest BCUT2D eigenvalue weighted by Gasteiger charge is 2.27. The molecule has 2 rings (SSSR count). The van der Waals surface area contributed by atoms with Crippen LogP contribution in [0.15, 0.2) is 32.6 Å². The van der Waals surface area contributed by atoms with E-state index in [9.17, 15) is 21.2 Å². The van der Waals surface area contributed by atoms with Crippen molar-refractivity contribution in [3.8, 4) is 11.1 Å². The molecule has 0 aliphatic rings. The quantitative estimate of drug-likeness (QED) is 0.884. The first-order valence-electron chi connectivity index (χ1n) is 5.46. The van der Waals surface area contributed by atoms with Gasteiger partial charge >= 0.3 is 0 Å². The molecule has 21 heavy (non-hydrogen) atoms. The van der Waals surface area contributed by atoms with Gasteiger partial charge < -0.3 is 10.3 Å². The molecule has 1 aromatic heterocycles. The van der Waals surface area contributed by atoms with E-state index in [1.165, 1.54) is 6.20 Å². The number of sulfone groups is 2. The van der Waals surface area contributed by atoms with Gasteiger partial charge in [0.05, 0.1) is 16.7 Å². The highest BCUT2D eigenvalue weighted by Crippen LogP contribution is 2.33. The third-order valence-corrected chi connectivity index (χ3v) is 5.10. The van der Waals surface area contributed by atoms with Gasteiger partial charge in [0.1, 0.15) is 10.7 Å². The highest BCUT2D eigenvalue weighted by molar-refractivity contribution is 7.93. The summed E-state index contributed by atoms with van der Waals surface area (Å²) in [5.74, 6) is -1.32. The molecule has 0 radical (unpaired) electrons. The number of benzene rings is 1. The lowest BCUT2D eigenvalue weighted by atomic mass is 10.1. The van der Waals surface area contributed by atoms with Crippen LogP contribution in [0, 0.1) is 5.82 Å². The van der Waals surface area contributed by atoms with E-state index < -0.39 is 35.3 Å². The van der Waals surface area contributed by atoms with Gasteiger partial charge in [0.25, 0.3) is 0 Å². The second-order valence-electron chi connectivity index (χ2n) is 4.43. The lowest BCUT2D eigenvalue weighted by Crippen LogP contribution is -2.10. The molecule has 0 atom stereocenters. The summed E-state index contributed by atoms with van der Waals surface area (Å²) < 4.78 is 65.5. The van der Waals surface area contributed by atoms with E-state index in [4.69, 9.17) is 5.73 Å². The van der Waals surface area contributed by atoms with E-state index in [0.29, 0.717) is 0 Å². The molecule has 10 heteroatoms. The van der Waals surface area contributed by atoms with Crippen LogP contribution in [-0.4, -0.2) is 34.5 Å². The molecular weight excluding hydrogens is 323 g/mol. The van der Waals surface area contributed by atoms with Gasteiger partial charge in [-0.15, -0.1) is 0 Å². The van der Waals surface area contributed by atoms with Gasteiger partial charge in [0.15, 0.2) is 19.7 Å². The molecule has 2 aromatic rings. The largest absolute Gasteiger partial charge is 0.367 e. The van der Waals surface area contributed by atoms with E-state index in [0.717, 1.165) is 24.6 Å². The van der Waals surface area contributed by atoms with Crippen molar-refractivity contribution in [1.82, 2.24) is 5.16 Å². The standard InChI is InChI=1S/C11H11FN2O5S2/c1-20(15,16)9-4-6(7-5-14-19-11(7)13)3-8(12)10(9)21(2,17)18/h3-5H,13H2,1-2H3. The smallest absolute Gasteiger partial charge is 0.229 e. The lowest BCUT2D eigenvalue weighted by Gasteiger charge is -2.10. The van der Waals surface area contributed by atoms with Crippen molar-refractivity contribution in [2.24, 2.45) is 0 Å². The minimum Gasteiger partial charge on any atom is -0.367 e. The Balaban J connectivity index is 2.89. The fourth-order valence-electron chi connectivity index (χ4n) is 1.82. The van der Waals surface area contributed by atoms with Gasteiger partial charge in [-0.25, -0.2) is 21.2 Å². The lowest BCUT2D eigenvalue weighted by molar-refractivity contribution is 0.436. The zero-order valence-electron chi connectivity index (χ0n) is 11.0. The number of anilines is 1. The van der Waals surface area contributed by atoms with Crippen LogP contribution < -0.4 is 5.73 Å². The topological polar surface area (TPSA) is 120 Å². The Labute approximate surface area is 120 Å². The Morgan fingerprint density at radius 3 is 2.19 bits per heavy atom. The van der Waals surface area contributed by atoms with E-state index in [1.54, 1.807) is 0 Å². The maximum atomic E-state index is 14.1. The van der Waals surface area contributed by atoms with Gasteiger partial charge in [0.2, 0.25) is 5.88 Å². The maximum absolute atomic E-state index is 14.1. The number of hydrogen-bond donors (Lipinski definition) is 1. The average Bonchev–Trinajstić information content (AvgIpc) is 2.71. The molecule has 0 bridgehead atoms. The minimum atomic E-state index is -4.07. The normalized spacial score (nSPS) is 12.5. The summed E-state index contributed by atoms with van der Waals surface area (Å²) in [5.41, 5.74) is 5.71. The molecule has 2 N–H and O–H groups in total. The zero-order chi connectivity index (χ0) is 16.0. The van der Waals surface area contributed by atoms with Crippen LogP contribution in [0.5, 0.6) is 0 Å². The van der Waals surface area contributed by atoms with Crippen molar-refractivity contribution in [2.75, 3.05) is 18.2 Å². The van der Waals surface area contributed by atoms with Crippen molar-refractivity contribution in [1.29, 1.82) is 0 Å². The first-order valence-corrected chi connectivity index (χ1v) is 9.24. The molecule has 0 unspecified atom stereocenters. The van der Waals surface area contributed by atoms with Crippen LogP contribution in [0.2, 0.25) is 0 Å². The van der Waals surface area contributed by atoms with E-state index in [1.807, 2.05) is 0 Å². The molecule has 0 aliphatic carbocycles. The average molecular weight is 334 g/mol. The summed E-state index contributed by atoms with van der Waals surface area (Å²) in [6, 6.07) is 1.89. The van der Waals surface area contributed by atoms with Gasteiger partial charge in [-0.05, 0) is 17.7 Å². The van der Waals surface area contributed by atoms with Gasteiger partial charge in [-0.2, -0.15) is 0 Å². The molecule has 0 aliphatic heterocycles. The summed E-state index contributed by atoms with van der Waals surface area (Å²) in [7, 11) is -8.04. The molecule has 1 aromatic carbocycles. The van der Waals surface area contributed by atoms with Crippen LogP contribution in [0.1, 0.15) is 0 Å². The third kappa shape index (κ3) is 2.90. The Hall–Kier alpha value is -1.94. The second-order valence-corrected chi connectivity index (χ2v) is 8.37. The molecule has 114 valence electrons. The first-order chi connectivity index (χ1) is 9.51. The number of aromatic nitrogens is 1. The Kier molecular flexibility index (Phi) is 3.54. The SMILES string of the molecule is CS(=O)(=O)c1cc(-c2cnoc2N)cc(F)c1S(C)(=O)=O. The molecule has 1 heterocycles. The molecular formula is C11H11FN2O5S2. The number of halogens is 1. The van der Waals surface area contributed by atoms with Gasteiger partial charge in [-0.3, -0.25) is 0 Å². The Morgan fingerprint density at radius 2 is 1.76 bits per heavy atom. The van der Waals surface area contributed by atoms with Gasteiger partial charge in [-0.1, -0.05) is 5.16 Å². The number of hydrogen-bond acceptors (Lipinski definition) is 7. The fraction of sp³-hybridized carbons (Fsp3) is 0.182. The van der Waals surface area contributed by atoms with Crippen LogP contribution in [0.4, 0.5) is 10.3 Å². The Bertz CT molecular complexity index is 916. The summed E-state index contributed by atoms with van der Waals surface area (Å²) in [4.78, 5) is -1.51. The fourth-order valence-corrected chi connectivity index (χ4v) is 4.35. The molecule has 0 fully saturated rings. The van der Waals surface area contributed by atoms with Crippen LogP contribution >= 0.6 is 0 Å². The molecule has 7 nitrogen and oxygen atoms in total. The molecule has 0 amide bonds. The monoisotopic (exact) mass is 334 g/mol. The van der Waals surface area contributed by atoms with Crippen molar-refractivity contribution < 1.29 is 25.7 Å². The van der Waals surface area contributed by atoms with Crippen molar-refractivity contribution in [2.45, 2.75) is 9.79 Å². The minimum absolute atomic E-state index is 0.0547. The zero-order valence-corrected chi connectivity index (χ0v) is 12.6. The number of rotatable bonds is 3. The molecule has 0 saturated carbocycles. The van der Waals surface area contributed by atoms with Crippen molar-refractivity contribution in [3.05, 3.63) is 24.1 Å². The van der Waals surface area contributed by atoms with Crippen LogP contribution in [0.3, 0.4) is 0 Å². The van der Waals surface area contributed by atoms with Crippen LogP contribution in [-0.2, 0) is 19.7 Å². The highest BCUT2D eigenvalue weighted by atomic mass is 32.2. The summed E-state index contributed by atoms with van der Waals surface area (Å²) in [6.45, 7) is 0. The summed E-state index contributed by atoms with van der Waals surface area (Å²) in [5, 5.41) is 3.40. The number of nitrogens with two attached hydrogens (primary N) is 1. The predicted octanol–water partition coefficient (Wildman–Crippen LogP) is 0.870. The number of nitrogens with zero attached hydrogens (tertiary/aromatic N) is 1. The second kappa shape index (κ2) is 4.81. The number of nitrogen functional groups attached to an aromatic ring is 1. The van der Waals surface area contributed by atoms with E-state index in [-0.39, 0.29) is 17.0 Å². The predicted molar refractivity (Wildman–Crippen MR) is 72.5 cm³/mol. The van der Waals surface area contributed by atoms with E-state index in [2.05, 4.69) is 9.68 Å². The van der Waals surface area contributed by atoms with Crippen LogP contribution in [0.25, 0.3) is 11.1 Å². The van der Waals surface area contributed by atoms with Crippen molar-refractivity contribution in [3.63, 3.8) is 0 Å². The molecule has 0 saturated heterocycles. The first kappa shape index (κ1) is 15.4. The van der Waals surface area contributed by atoms with Gasteiger partial charge in [0, 0.05) is 12.5 Å². The summed E-state index contributed by atoms with van der Waals surface area (Å²) in [6.07, 6.45) is 2.70.